The van der Waals surface area contributed by atoms with Gasteiger partial charge in [-0.15, -0.1) is 0 Å². The fraction of sp³-hybridized carbons (Fsp3) is 0.529. The van der Waals surface area contributed by atoms with Gasteiger partial charge < -0.3 is 5.73 Å². The van der Waals surface area contributed by atoms with Crippen molar-refractivity contribution in [1.29, 1.82) is 0 Å². The minimum absolute atomic E-state index is 0.182. The topological polar surface area (TPSA) is 32.5 Å². The van der Waals surface area contributed by atoms with Crippen LogP contribution in [0.1, 0.15) is 25.0 Å². The van der Waals surface area contributed by atoms with Crippen molar-refractivity contribution in [3.63, 3.8) is 0 Å². The Bertz CT molecular complexity index is 535. The van der Waals surface area contributed by atoms with Crippen LogP contribution in [0.25, 0.3) is 0 Å². The van der Waals surface area contributed by atoms with Crippen molar-refractivity contribution in [1.82, 2.24) is 9.80 Å². The van der Waals surface area contributed by atoms with Crippen molar-refractivity contribution in [2.75, 3.05) is 26.7 Å². The summed E-state index contributed by atoms with van der Waals surface area (Å²) in [6, 6.07) is 6.19. The van der Waals surface area contributed by atoms with E-state index in [2.05, 4.69) is 42.5 Å². The Morgan fingerprint density at radius 1 is 1.29 bits per heavy atom. The molecule has 0 radical (unpaired) electrons. The molecule has 0 saturated carbocycles. The van der Waals surface area contributed by atoms with Gasteiger partial charge in [0, 0.05) is 42.8 Å². The Kier molecular flexibility index (Phi) is 5.35. The zero-order chi connectivity index (χ0) is 15.4. The summed E-state index contributed by atoms with van der Waals surface area (Å²) in [5, 5.41) is 0. The van der Waals surface area contributed by atoms with E-state index in [0.717, 1.165) is 18.7 Å². The van der Waals surface area contributed by atoms with Crippen LogP contribution in [0.15, 0.2) is 18.2 Å². The molecule has 1 fully saturated rings. The Morgan fingerprint density at radius 3 is 2.52 bits per heavy atom. The third-order valence-corrected chi connectivity index (χ3v) is 4.22. The van der Waals surface area contributed by atoms with Crippen LogP contribution < -0.4 is 5.73 Å². The standard InChI is InChI=1S/C17H24FN3/c1-13-10-21(11-14(2)20(13)3)12-16-7-6-15(5-4-8-19)9-17(16)18/h6-7,9,13-14H,8,10-12,19H2,1-3H3. The lowest BCUT2D eigenvalue weighted by Gasteiger charge is -2.42. The van der Waals surface area contributed by atoms with Crippen molar-refractivity contribution in [2.45, 2.75) is 32.5 Å². The molecule has 1 aromatic rings. The molecule has 0 bridgehead atoms. The normalized spacial score (nSPS) is 23.7. The van der Waals surface area contributed by atoms with Crippen LogP contribution in [-0.2, 0) is 6.54 Å². The fourth-order valence-electron chi connectivity index (χ4n) is 2.79. The smallest absolute Gasteiger partial charge is 0.128 e. The van der Waals surface area contributed by atoms with E-state index in [1.165, 1.54) is 6.07 Å². The van der Waals surface area contributed by atoms with Crippen LogP contribution in [0, 0.1) is 17.7 Å². The molecule has 0 amide bonds. The first-order valence-electron chi connectivity index (χ1n) is 7.43. The average Bonchev–Trinajstić information content (AvgIpc) is 2.45. The van der Waals surface area contributed by atoms with Crippen LogP contribution in [-0.4, -0.2) is 48.6 Å². The quantitative estimate of drug-likeness (QED) is 0.841. The highest BCUT2D eigenvalue weighted by Gasteiger charge is 2.26. The van der Waals surface area contributed by atoms with E-state index in [1.54, 1.807) is 0 Å². The molecule has 0 aromatic heterocycles. The first kappa shape index (κ1) is 16.0. The molecule has 1 heterocycles. The van der Waals surface area contributed by atoms with Crippen molar-refractivity contribution >= 4 is 0 Å². The molecular weight excluding hydrogens is 265 g/mol. The van der Waals surface area contributed by atoms with Gasteiger partial charge in [-0.25, -0.2) is 4.39 Å². The molecule has 2 N–H and O–H groups in total. The Hall–Kier alpha value is -1.41. The molecule has 21 heavy (non-hydrogen) atoms. The number of nitrogens with zero attached hydrogens (tertiary/aromatic N) is 2. The SMILES string of the molecule is CC1CN(Cc2ccc(C#CCN)cc2F)CC(C)N1C. The minimum atomic E-state index is -0.182. The van der Waals surface area contributed by atoms with Crippen LogP contribution in [0.2, 0.25) is 0 Å². The van der Waals surface area contributed by atoms with E-state index in [-0.39, 0.29) is 5.82 Å². The third kappa shape index (κ3) is 4.04. The number of halogens is 1. The highest BCUT2D eigenvalue weighted by Crippen LogP contribution is 2.18. The van der Waals surface area contributed by atoms with Gasteiger partial charge >= 0.3 is 0 Å². The maximum absolute atomic E-state index is 14.2. The molecular formula is C17H24FN3. The highest BCUT2D eigenvalue weighted by molar-refractivity contribution is 5.37. The summed E-state index contributed by atoms with van der Waals surface area (Å²) in [4.78, 5) is 4.69. The Morgan fingerprint density at radius 2 is 1.95 bits per heavy atom. The molecule has 0 spiro atoms. The van der Waals surface area contributed by atoms with Crippen LogP contribution in [0.4, 0.5) is 4.39 Å². The summed E-state index contributed by atoms with van der Waals surface area (Å²) in [6.45, 7) is 7.30. The number of likely N-dealkylation sites (N-methyl/N-ethyl adjacent to an activating group) is 1. The van der Waals surface area contributed by atoms with E-state index in [9.17, 15) is 4.39 Å². The maximum atomic E-state index is 14.2. The number of hydrogen-bond donors (Lipinski definition) is 1. The summed E-state index contributed by atoms with van der Waals surface area (Å²) in [5.74, 6) is 5.42. The van der Waals surface area contributed by atoms with Gasteiger partial charge in [0.2, 0.25) is 0 Å². The van der Waals surface area contributed by atoms with Gasteiger partial charge in [0.1, 0.15) is 5.82 Å². The summed E-state index contributed by atoms with van der Waals surface area (Å²) in [6.07, 6.45) is 0. The van der Waals surface area contributed by atoms with E-state index in [1.807, 2.05) is 12.1 Å². The summed E-state index contributed by atoms with van der Waals surface area (Å²) >= 11 is 0. The number of piperazine rings is 1. The number of benzene rings is 1. The Labute approximate surface area is 126 Å². The zero-order valence-corrected chi connectivity index (χ0v) is 13.1. The second kappa shape index (κ2) is 7.04. The van der Waals surface area contributed by atoms with E-state index in [0.29, 0.717) is 30.7 Å². The van der Waals surface area contributed by atoms with Gasteiger partial charge in [-0.1, -0.05) is 17.9 Å². The van der Waals surface area contributed by atoms with E-state index < -0.39 is 0 Å². The average molecular weight is 289 g/mol. The monoisotopic (exact) mass is 289 g/mol. The molecule has 114 valence electrons. The van der Waals surface area contributed by atoms with Crippen molar-refractivity contribution in [3.8, 4) is 11.8 Å². The first-order chi connectivity index (χ1) is 10.0. The van der Waals surface area contributed by atoms with Crippen molar-refractivity contribution < 1.29 is 4.39 Å². The molecule has 2 atom stereocenters. The number of hydrogen-bond acceptors (Lipinski definition) is 3. The molecule has 4 heteroatoms. The fourth-order valence-corrected chi connectivity index (χ4v) is 2.79. The molecule has 1 aromatic carbocycles. The molecule has 2 unspecified atom stereocenters. The predicted molar refractivity (Wildman–Crippen MR) is 84.3 cm³/mol. The third-order valence-electron chi connectivity index (χ3n) is 4.22. The van der Waals surface area contributed by atoms with Crippen LogP contribution in [0.5, 0.6) is 0 Å². The van der Waals surface area contributed by atoms with Gasteiger partial charge in [-0.2, -0.15) is 0 Å². The van der Waals surface area contributed by atoms with Crippen molar-refractivity contribution in [3.05, 3.63) is 35.1 Å². The number of rotatable bonds is 2. The number of nitrogens with two attached hydrogens (primary N) is 1. The van der Waals surface area contributed by atoms with Gasteiger partial charge in [-0.3, -0.25) is 9.80 Å². The van der Waals surface area contributed by atoms with Crippen LogP contribution in [0.3, 0.4) is 0 Å². The maximum Gasteiger partial charge on any atom is 0.128 e. The highest BCUT2D eigenvalue weighted by atomic mass is 19.1. The zero-order valence-electron chi connectivity index (χ0n) is 13.1. The van der Waals surface area contributed by atoms with Gasteiger partial charge in [0.25, 0.3) is 0 Å². The lowest BCUT2D eigenvalue weighted by Crippen LogP contribution is -2.54. The molecule has 1 saturated heterocycles. The van der Waals surface area contributed by atoms with Gasteiger partial charge in [0.05, 0.1) is 6.54 Å². The van der Waals surface area contributed by atoms with E-state index in [4.69, 9.17) is 5.73 Å². The first-order valence-corrected chi connectivity index (χ1v) is 7.43. The van der Waals surface area contributed by atoms with Gasteiger partial charge in [0.15, 0.2) is 0 Å². The van der Waals surface area contributed by atoms with Gasteiger partial charge in [-0.05, 0) is 33.0 Å². The molecule has 3 nitrogen and oxygen atoms in total. The summed E-state index contributed by atoms with van der Waals surface area (Å²) in [7, 11) is 2.15. The summed E-state index contributed by atoms with van der Waals surface area (Å²) in [5.41, 5.74) is 6.74. The van der Waals surface area contributed by atoms with E-state index >= 15 is 0 Å². The van der Waals surface area contributed by atoms with Crippen molar-refractivity contribution in [2.24, 2.45) is 5.73 Å². The molecule has 1 aliphatic heterocycles. The second-order valence-corrected chi connectivity index (χ2v) is 5.87. The second-order valence-electron chi connectivity index (χ2n) is 5.87. The predicted octanol–water partition coefficient (Wildman–Crippen LogP) is 1.66. The largest absolute Gasteiger partial charge is 0.320 e. The molecule has 0 aliphatic carbocycles. The minimum Gasteiger partial charge on any atom is -0.320 e. The molecule has 2 rings (SSSR count). The lowest BCUT2D eigenvalue weighted by molar-refractivity contribution is 0.0550. The summed E-state index contributed by atoms with van der Waals surface area (Å²) < 4.78 is 14.2. The lowest BCUT2D eigenvalue weighted by atomic mass is 10.1. The van der Waals surface area contributed by atoms with Crippen LogP contribution >= 0.6 is 0 Å². The Balaban J connectivity index is 2.06. The molecule has 1 aliphatic rings.